The summed E-state index contributed by atoms with van der Waals surface area (Å²) in [5, 5.41) is 3.41. The molecule has 1 aliphatic rings. The summed E-state index contributed by atoms with van der Waals surface area (Å²) in [6.45, 7) is 1.22. The van der Waals surface area contributed by atoms with Gasteiger partial charge in [-0.15, -0.1) is 0 Å². The minimum Gasteiger partial charge on any atom is -0.353 e. The Labute approximate surface area is 146 Å². The highest BCUT2D eigenvalue weighted by atomic mass is 35.5. The van der Waals surface area contributed by atoms with Gasteiger partial charge >= 0.3 is 0 Å². The number of hydrogen-bond acceptors (Lipinski definition) is 2. The quantitative estimate of drug-likeness (QED) is 0.928. The van der Waals surface area contributed by atoms with E-state index in [1.165, 1.54) is 0 Å². The second-order valence-electron chi connectivity index (χ2n) is 5.88. The van der Waals surface area contributed by atoms with E-state index in [1.807, 2.05) is 54.6 Å². The monoisotopic (exact) mass is 342 g/mol. The summed E-state index contributed by atoms with van der Waals surface area (Å²) in [6, 6.07) is 17.5. The molecule has 5 heteroatoms. The van der Waals surface area contributed by atoms with E-state index in [4.69, 9.17) is 11.6 Å². The molecule has 1 N–H and O–H groups in total. The van der Waals surface area contributed by atoms with Crippen LogP contribution >= 0.6 is 11.6 Å². The van der Waals surface area contributed by atoms with Gasteiger partial charge in [-0.05, 0) is 23.3 Å². The first kappa shape index (κ1) is 16.5. The van der Waals surface area contributed by atoms with Crippen LogP contribution in [0.25, 0.3) is 0 Å². The number of carbonyl (C=O) groups is 2. The number of nitrogens with one attached hydrogen (secondary N) is 1. The van der Waals surface area contributed by atoms with Crippen LogP contribution in [0.15, 0.2) is 54.6 Å². The van der Waals surface area contributed by atoms with Crippen molar-refractivity contribution in [3.8, 4) is 0 Å². The number of piperazine rings is 1. The first-order chi connectivity index (χ1) is 11.6. The van der Waals surface area contributed by atoms with Crippen LogP contribution in [0.3, 0.4) is 0 Å². The van der Waals surface area contributed by atoms with Crippen LogP contribution in [0.4, 0.5) is 0 Å². The van der Waals surface area contributed by atoms with Crippen LogP contribution < -0.4 is 5.32 Å². The molecule has 0 spiro atoms. The zero-order chi connectivity index (χ0) is 16.9. The van der Waals surface area contributed by atoms with Crippen LogP contribution in [-0.4, -0.2) is 36.3 Å². The molecule has 3 rings (SSSR count). The Bertz CT molecular complexity index is 716. The van der Waals surface area contributed by atoms with Gasteiger partial charge < -0.3 is 10.2 Å². The van der Waals surface area contributed by atoms with Crippen molar-refractivity contribution in [2.24, 2.45) is 0 Å². The Balaban J connectivity index is 1.83. The third-order valence-corrected chi connectivity index (χ3v) is 4.50. The molecule has 2 aromatic carbocycles. The molecule has 0 radical (unpaired) electrons. The maximum atomic E-state index is 12.7. The van der Waals surface area contributed by atoms with Crippen LogP contribution in [-0.2, 0) is 9.59 Å². The highest BCUT2D eigenvalue weighted by Crippen LogP contribution is 2.29. The predicted molar refractivity (Wildman–Crippen MR) is 93.9 cm³/mol. The molecule has 1 atom stereocenters. The highest BCUT2D eigenvalue weighted by Gasteiger charge is 2.25. The zero-order valence-electron chi connectivity index (χ0n) is 13.2. The second-order valence-corrected chi connectivity index (χ2v) is 6.32. The summed E-state index contributed by atoms with van der Waals surface area (Å²) in [5.41, 5.74) is 2.12. The van der Waals surface area contributed by atoms with E-state index in [1.54, 1.807) is 4.90 Å². The van der Waals surface area contributed by atoms with Gasteiger partial charge in [0.05, 0.1) is 6.54 Å². The number of hydrogen-bond donors (Lipinski definition) is 1. The minimum atomic E-state index is -0.0997. The lowest BCUT2D eigenvalue weighted by Crippen LogP contribution is -2.50. The van der Waals surface area contributed by atoms with Crippen LogP contribution in [0.5, 0.6) is 0 Å². The van der Waals surface area contributed by atoms with E-state index in [-0.39, 0.29) is 24.3 Å². The van der Waals surface area contributed by atoms with Crippen molar-refractivity contribution in [2.75, 3.05) is 19.6 Å². The van der Waals surface area contributed by atoms with Crippen LogP contribution in [0.2, 0.25) is 5.02 Å². The third kappa shape index (κ3) is 3.95. The first-order valence-electron chi connectivity index (χ1n) is 7.98. The van der Waals surface area contributed by atoms with E-state index >= 15 is 0 Å². The zero-order valence-corrected chi connectivity index (χ0v) is 14.0. The van der Waals surface area contributed by atoms with Gasteiger partial charge in [-0.1, -0.05) is 54.1 Å². The van der Waals surface area contributed by atoms with E-state index in [0.717, 1.165) is 11.1 Å². The van der Waals surface area contributed by atoms with E-state index in [0.29, 0.717) is 24.5 Å². The number of benzene rings is 2. The minimum absolute atomic E-state index is 0.00588. The normalized spacial score (nSPS) is 15.7. The molecule has 1 fully saturated rings. The molecule has 124 valence electrons. The Morgan fingerprint density at radius 2 is 1.75 bits per heavy atom. The number of amides is 2. The van der Waals surface area contributed by atoms with Crippen molar-refractivity contribution < 1.29 is 9.59 Å². The summed E-state index contributed by atoms with van der Waals surface area (Å²) in [4.78, 5) is 25.8. The summed E-state index contributed by atoms with van der Waals surface area (Å²) in [6.07, 6.45) is 0.332. The van der Waals surface area contributed by atoms with E-state index in [2.05, 4.69) is 5.32 Å². The molecule has 2 aromatic rings. The van der Waals surface area contributed by atoms with Crippen molar-refractivity contribution in [3.05, 3.63) is 70.7 Å². The number of halogens is 1. The molecule has 0 aromatic heterocycles. The first-order valence-corrected chi connectivity index (χ1v) is 8.36. The molecule has 0 aliphatic carbocycles. The van der Waals surface area contributed by atoms with E-state index in [9.17, 15) is 9.59 Å². The number of carbonyl (C=O) groups excluding carboxylic acids is 2. The third-order valence-electron chi connectivity index (χ3n) is 4.24. The number of nitrogens with zero attached hydrogens (tertiary/aromatic N) is 1. The van der Waals surface area contributed by atoms with Gasteiger partial charge in [-0.25, -0.2) is 0 Å². The summed E-state index contributed by atoms with van der Waals surface area (Å²) in [7, 11) is 0. The van der Waals surface area contributed by atoms with Gasteiger partial charge in [-0.3, -0.25) is 9.59 Å². The molecule has 2 amide bonds. The van der Waals surface area contributed by atoms with Gasteiger partial charge in [0.25, 0.3) is 0 Å². The lowest BCUT2D eigenvalue weighted by Gasteiger charge is -2.28. The standard InChI is InChI=1S/C19H19ClN2O2/c20-16-8-6-15(7-9-16)17(14-4-2-1-3-5-14)12-19(24)22-11-10-21-18(23)13-22/h1-9,17H,10-13H2,(H,21,23)/t17-/m1/s1. The maximum Gasteiger partial charge on any atom is 0.239 e. The Morgan fingerprint density at radius 1 is 1.08 bits per heavy atom. The summed E-state index contributed by atoms with van der Waals surface area (Å²) >= 11 is 5.99. The highest BCUT2D eigenvalue weighted by molar-refractivity contribution is 6.30. The van der Waals surface area contributed by atoms with Crippen molar-refractivity contribution in [1.82, 2.24) is 10.2 Å². The summed E-state index contributed by atoms with van der Waals surface area (Å²) in [5.74, 6) is -0.160. The maximum absolute atomic E-state index is 12.7. The Hall–Kier alpha value is -2.33. The Kier molecular flexibility index (Phi) is 5.16. The van der Waals surface area contributed by atoms with Crippen molar-refractivity contribution in [3.63, 3.8) is 0 Å². The van der Waals surface area contributed by atoms with Gasteiger partial charge in [0.15, 0.2) is 0 Å². The lowest BCUT2D eigenvalue weighted by molar-refractivity contribution is -0.138. The molecule has 1 heterocycles. The summed E-state index contributed by atoms with van der Waals surface area (Å²) < 4.78 is 0. The van der Waals surface area contributed by atoms with Crippen molar-refractivity contribution in [2.45, 2.75) is 12.3 Å². The van der Waals surface area contributed by atoms with Gasteiger partial charge in [0.2, 0.25) is 11.8 Å². The second kappa shape index (κ2) is 7.49. The molecule has 0 unspecified atom stereocenters. The average molecular weight is 343 g/mol. The van der Waals surface area contributed by atoms with Crippen molar-refractivity contribution in [1.29, 1.82) is 0 Å². The fourth-order valence-corrected chi connectivity index (χ4v) is 3.09. The van der Waals surface area contributed by atoms with Gasteiger partial charge in [-0.2, -0.15) is 0 Å². The Morgan fingerprint density at radius 3 is 2.42 bits per heavy atom. The molecular formula is C19H19ClN2O2. The topological polar surface area (TPSA) is 49.4 Å². The van der Waals surface area contributed by atoms with Crippen LogP contribution in [0, 0.1) is 0 Å². The molecule has 24 heavy (non-hydrogen) atoms. The van der Waals surface area contributed by atoms with Crippen molar-refractivity contribution >= 4 is 23.4 Å². The molecular weight excluding hydrogens is 324 g/mol. The van der Waals surface area contributed by atoms with Crippen LogP contribution in [0.1, 0.15) is 23.5 Å². The SMILES string of the molecule is O=C1CN(C(=O)C[C@H](c2ccccc2)c2ccc(Cl)cc2)CCN1. The predicted octanol–water partition coefficient (Wildman–Crippen LogP) is 2.82. The van der Waals surface area contributed by atoms with Gasteiger partial charge in [0.1, 0.15) is 0 Å². The van der Waals surface area contributed by atoms with E-state index < -0.39 is 0 Å². The molecule has 4 nitrogen and oxygen atoms in total. The molecule has 1 saturated heterocycles. The average Bonchev–Trinajstić information content (AvgIpc) is 2.61. The smallest absolute Gasteiger partial charge is 0.239 e. The lowest BCUT2D eigenvalue weighted by atomic mass is 9.88. The number of rotatable bonds is 4. The molecule has 0 saturated carbocycles. The fraction of sp³-hybridized carbons (Fsp3) is 0.263. The molecule has 1 aliphatic heterocycles. The fourth-order valence-electron chi connectivity index (χ4n) is 2.96. The largest absolute Gasteiger partial charge is 0.353 e. The molecule has 0 bridgehead atoms. The van der Waals surface area contributed by atoms with Gasteiger partial charge in [0, 0.05) is 30.5 Å².